The molecule has 0 saturated carbocycles. The highest BCUT2D eigenvalue weighted by molar-refractivity contribution is 8.26. The first-order valence-corrected chi connectivity index (χ1v) is 9.60. The van der Waals surface area contributed by atoms with Gasteiger partial charge in [-0.2, -0.15) is 5.01 Å². The highest BCUT2D eigenvalue weighted by Gasteiger charge is 2.34. The van der Waals surface area contributed by atoms with E-state index < -0.39 is 11.8 Å². The lowest BCUT2D eigenvalue weighted by Crippen LogP contribution is -2.44. The Kier molecular flexibility index (Phi) is 6.23. The van der Waals surface area contributed by atoms with Gasteiger partial charge in [0.15, 0.2) is 15.8 Å². The SMILES string of the molecule is COc1cccc(/C=C2/SC(=S)N(NC(=O)c3cccc(Cl)c3)C2=O)c1OC. The van der Waals surface area contributed by atoms with E-state index in [2.05, 4.69) is 5.43 Å². The fourth-order valence-electron chi connectivity index (χ4n) is 2.53. The highest BCUT2D eigenvalue weighted by atomic mass is 35.5. The van der Waals surface area contributed by atoms with Gasteiger partial charge in [-0.05, 0) is 42.6 Å². The molecule has 0 unspecified atom stereocenters. The summed E-state index contributed by atoms with van der Waals surface area (Å²) in [5.41, 5.74) is 3.49. The first-order chi connectivity index (χ1) is 13.4. The van der Waals surface area contributed by atoms with Crippen LogP contribution in [0.2, 0.25) is 5.02 Å². The molecule has 1 aliphatic heterocycles. The minimum atomic E-state index is -0.487. The number of carbonyl (C=O) groups is 2. The Hall–Kier alpha value is -2.55. The summed E-state index contributed by atoms with van der Waals surface area (Å²) in [5, 5.41) is 1.46. The summed E-state index contributed by atoms with van der Waals surface area (Å²) in [7, 11) is 3.05. The van der Waals surface area contributed by atoms with Crippen molar-refractivity contribution in [3.63, 3.8) is 0 Å². The topological polar surface area (TPSA) is 67.9 Å². The molecule has 0 aromatic heterocycles. The minimum Gasteiger partial charge on any atom is -0.493 e. The van der Waals surface area contributed by atoms with E-state index in [4.69, 9.17) is 33.3 Å². The normalized spacial score (nSPS) is 15.1. The summed E-state index contributed by atoms with van der Waals surface area (Å²) in [6, 6.07) is 11.7. The van der Waals surface area contributed by atoms with Crippen LogP contribution in [0.15, 0.2) is 47.4 Å². The third-order valence-electron chi connectivity index (χ3n) is 3.81. The Balaban J connectivity index is 1.84. The third kappa shape index (κ3) is 4.14. The van der Waals surface area contributed by atoms with E-state index >= 15 is 0 Å². The lowest BCUT2D eigenvalue weighted by atomic mass is 10.1. The molecule has 0 bridgehead atoms. The largest absolute Gasteiger partial charge is 0.493 e. The smallest absolute Gasteiger partial charge is 0.285 e. The number of methoxy groups -OCH3 is 2. The predicted octanol–water partition coefficient (Wildman–Crippen LogP) is 3.90. The molecule has 2 amide bonds. The van der Waals surface area contributed by atoms with Gasteiger partial charge in [0.2, 0.25) is 0 Å². The molecule has 0 atom stereocenters. The maximum absolute atomic E-state index is 12.7. The quantitative estimate of drug-likeness (QED) is 0.568. The molecule has 2 aromatic carbocycles. The van der Waals surface area contributed by atoms with Gasteiger partial charge in [0.05, 0.1) is 19.1 Å². The van der Waals surface area contributed by atoms with Gasteiger partial charge < -0.3 is 9.47 Å². The molecule has 1 aliphatic rings. The Morgan fingerprint density at radius 2 is 1.96 bits per heavy atom. The van der Waals surface area contributed by atoms with Crippen molar-refractivity contribution >= 4 is 57.8 Å². The van der Waals surface area contributed by atoms with Gasteiger partial charge in [0.25, 0.3) is 11.8 Å². The highest BCUT2D eigenvalue weighted by Crippen LogP contribution is 2.36. The third-order valence-corrected chi connectivity index (χ3v) is 5.35. The van der Waals surface area contributed by atoms with Gasteiger partial charge in [-0.1, -0.05) is 41.6 Å². The Labute approximate surface area is 176 Å². The minimum absolute atomic E-state index is 0.216. The second-order valence-electron chi connectivity index (χ2n) is 5.55. The molecule has 1 fully saturated rings. The molecule has 9 heteroatoms. The van der Waals surface area contributed by atoms with Crippen molar-refractivity contribution in [2.24, 2.45) is 0 Å². The first-order valence-electron chi connectivity index (χ1n) is 8.00. The second-order valence-corrected chi connectivity index (χ2v) is 7.66. The number of para-hydroxylation sites is 1. The van der Waals surface area contributed by atoms with Crippen molar-refractivity contribution in [2.75, 3.05) is 14.2 Å². The Morgan fingerprint density at radius 1 is 1.21 bits per heavy atom. The lowest BCUT2D eigenvalue weighted by Gasteiger charge is -2.15. The zero-order chi connectivity index (χ0) is 20.3. The maximum Gasteiger partial charge on any atom is 0.285 e. The van der Waals surface area contributed by atoms with Crippen molar-refractivity contribution in [3.05, 3.63) is 63.5 Å². The number of benzene rings is 2. The standard InChI is InChI=1S/C19H15ClN2O4S2/c1-25-14-8-4-5-11(16(14)26-2)10-15-18(24)22(19(27)28-15)21-17(23)12-6-3-7-13(20)9-12/h3-10H,1-2H3,(H,21,23)/b15-10+. The Bertz CT molecular complexity index is 994. The first kappa shape index (κ1) is 20.2. The molecular weight excluding hydrogens is 420 g/mol. The van der Waals surface area contributed by atoms with E-state index in [1.54, 1.807) is 42.5 Å². The van der Waals surface area contributed by atoms with Crippen LogP contribution >= 0.6 is 35.6 Å². The summed E-state index contributed by atoms with van der Waals surface area (Å²) >= 11 is 12.2. The zero-order valence-electron chi connectivity index (χ0n) is 14.9. The number of hydrazine groups is 1. The van der Waals surface area contributed by atoms with Crippen LogP contribution in [-0.4, -0.2) is 35.4 Å². The number of thioether (sulfide) groups is 1. The van der Waals surface area contributed by atoms with Gasteiger partial charge in [-0.25, -0.2) is 0 Å². The second kappa shape index (κ2) is 8.64. The maximum atomic E-state index is 12.7. The average molecular weight is 435 g/mol. The molecule has 2 aromatic rings. The molecule has 28 heavy (non-hydrogen) atoms. The fourth-order valence-corrected chi connectivity index (χ4v) is 3.89. The summed E-state index contributed by atoms with van der Waals surface area (Å²) < 4.78 is 10.9. The molecule has 1 heterocycles. The number of halogens is 1. The summed E-state index contributed by atoms with van der Waals surface area (Å²) in [6.07, 6.45) is 1.65. The van der Waals surface area contributed by atoms with Crippen molar-refractivity contribution < 1.29 is 19.1 Å². The van der Waals surface area contributed by atoms with E-state index in [0.29, 0.717) is 32.6 Å². The number of thiocarbonyl (C=S) groups is 1. The van der Waals surface area contributed by atoms with Gasteiger partial charge in [0, 0.05) is 16.1 Å². The van der Waals surface area contributed by atoms with Crippen LogP contribution in [0.3, 0.4) is 0 Å². The molecule has 0 radical (unpaired) electrons. The lowest BCUT2D eigenvalue weighted by molar-refractivity contribution is -0.123. The van der Waals surface area contributed by atoms with Crippen LogP contribution in [0, 0.1) is 0 Å². The molecule has 3 rings (SSSR count). The van der Waals surface area contributed by atoms with Crippen molar-refractivity contribution in [1.29, 1.82) is 0 Å². The van der Waals surface area contributed by atoms with E-state index in [9.17, 15) is 9.59 Å². The fraction of sp³-hybridized carbons (Fsp3) is 0.105. The van der Waals surface area contributed by atoms with Crippen LogP contribution in [0.25, 0.3) is 6.08 Å². The van der Waals surface area contributed by atoms with Gasteiger partial charge in [-0.15, -0.1) is 0 Å². The van der Waals surface area contributed by atoms with Crippen LogP contribution in [0.4, 0.5) is 0 Å². The molecule has 6 nitrogen and oxygen atoms in total. The van der Waals surface area contributed by atoms with Crippen LogP contribution in [-0.2, 0) is 4.79 Å². The van der Waals surface area contributed by atoms with E-state index in [1.165, 1.54) is 20.3 Å². The summed E-state index contributed by atoms with van der Waals surface area (Å²) in [5.74, 6) is 0.119. The number of rotatable bonds is 5. The van der Waals surface area contributed by atoms with Crippen molar-refractivity contribution in [2.45, 2.75) is 0 Å². The van der Waals surface area contributed by atoms with Gasteiger partial charge in [-0.3, -0.25) is 15.0 Å². The van der Waals surface area contributed by atoms with Crippen molar-refractivity contribution in [1.82, 2.24) is 10.4 Å². The summed E-state index contributed by atoms with van der Waals surface area (Å²) in [6.45, 7) is 0. The summed E-state index contributed by atoms with van der Waals surface area (Å²) in [4.78, 5) is 25.5. The molecule has 1 N–H and O–H groups in total. The predicted molar refractivity (Wildman–Crippen MR) is 113 cm³/mol. The number of nitrogens with zero attached hydrogens (tertiary/aromatic N) is 1. The number of hydrogen-bond donors (Lipinski definition) is 1. The molecule has 1 saturated heterocycles. The zero-order valence-corrected chi connectivity index (χ0v) is 17.3. The number of ether oxygens (including phenoxy) is 2. The van der Waals surface area contributed by atoms with Crippen LogP contribution < -0.4 is 14.9 Å². The van der Waals surface area contributed by atoms with E-state index in [0.717, 1.165) is 16.8 Å². The number of amides is 2. The van der Waals surface area contributed by atoms with E-state index in [1.807, 2.05) is 0 Å². The molecule has 0 aliphatic carbocycles. The van der Waals surface area contributed by atoms with Crippen LogP contribution in [0.5, 0.6) is 11.5 Å². The number of hydrogen-bond acceptors (Lipinski definition) is 6. The van der Waals surface area contributed by atoms with E-state index in [-0.39, 0.29) is 4.32 Å². The molecule has 144 valence electrons. The van der Waals surface area contributed by atoms with Crippen molar-refractivity contribution in [3.8, 4) is 11.5 Å². The van der Waals surface area contributed by atoms with Gasteiger partial charge in [0.1, 0.15) is 0 Å². The number of nitrogens with one attached hydrogen (secondary N) is 1. The van der Waals surface area contributed by atoms with Gasteiger partial charge >= 0.3 is 0 Å². The number of carbonyl (C=O) groups excluding carboxylic acids is 2. The molecule has 0 spiro atoms. The Morgan fingerprint density at radius 3 is 2.64 bits per heavy atom. The van der Waals surface area contributed by atoms with Crippen LogP contribution in [0.1, 0.15) is 15.9 Å². The monoisotopic (exact) mass is 434 g/mol. The molecular formula is C19H15ClN2O4S2. The average Bonchev–Trinajstić information content (AvgIpc) is 2.95.